The summed E-state index contributed by atoms with van der Waals surface area (Å²) < 4.78 is 12.4. The van der Waals surface area contributed by atoms with E-state index in [1.54, 1.807) is 25.3 Å². The van der Waals surface area contributed by atoms with Gasteiger partial charge in [0.25, 0.3) is 0 Å². The second kappa shape index (κ2) is 11.5. The molecule has 1 N–H and O–H groups in total. The van der Waals surface area contributed by atoms with Crippen LogP contribution in [0, 0.1) is 0 Å². The van der Waals surface area contributed by atoms with E-state index < -0.39 is 5.97 Å². The number of rotatable bonds is 11. The average Bonchev–Trinajstić information content (AvgIpc) is 3.14. The SMILES string of the molecule is CCOCCN/C(=C\C(=O)c1cn(Cc2ccccc2)c2ccc(Cl)cc12)C(=O)OCC. The molecule has 0 saturated carbocycles. The number of esters is 1. The number of fused-ring (bicyclic) bond motifs is 1. The fourth-order valence-corrected chi connectivity index (χ4v) is 3.55. The highest BCUT2D eigenvalue weighted by atomic mass is 35.5. The lowest BCUT2D eigenvalue weighted by Crippen LogP contribution is -2.26. The quantitative estimate of drug-likeness (QED) is 0.198. The van der Waals surface area contributed by atoms with E-state index in [1.807, 2.05) is 47.9 Å². The average molecular weight is 455 g/mol. The van der Waals surface area contributed by atoms with Crippen molar-refractivity contribution in [2.45, 2.75) is 20.4 Å². The van der Waals surface area contributed by atoms with E-state index in [2.05, 4.69) is 5.32 Å². The van der Waals surface area contributed by atoms with Crippen LogP contribution in [0.3, 0.4) is 0 Å². The summed E-state index contributed by atoms with van der Waals surface area (Å²) in [5.74, 6) is -0.889. The smallest absolute Gasteiger partial charge is 0.354 e. The molecular weight excluding hydrogens is 428 g/mol. The van der Waals surface area contributed by atoms with E-state index in [9.17, 15) is 9.59 Å². The molecule has 3 aromatic rings. The molecule has 0 aliphatic carbocycles. The molecule has 7 heteroatoms. The van der Waals surface area contributed by atoms with Gasteiger partial charge in [0, 0.05) is 53.5 Å². The molecule has 0 spiro atoms. The zero-order valence-electron chi connectivity index (χ0n) is 18.3. The Hall–Kier alpha value is -3.09. The van der Waals surface area contributed by atoms with Crippen molar-refractivity contribution in [1.82, 2.24) is 9.88 Å². The van der Waals surface area contributed by atoms with Gasteiger partial charge >= 0.3 is 5.97 Å². The maximum Gasteiger partial charge on any atom is 0.354 e. The molecule has 0 aliphatic heterocycles. The molecule has 0 unspecified atom stereocenters. The highest BCUT2D eigenvalue weighted by Gasteiger charge is 2.18. The van der Waals surface area contributed by atoms with Crippen molar-refractivity contribution in [3.63, 3.8) is 0 Å². The number of hydrogen-bond acceptors (Lipinski definition) is 5. The van der Waals surface area contributed by atoms with Crippen LogP contribution in [0.5, 0.6) is 0 Å². The summed E-state index contributed by atoms with van der Waals surface area (Å²) in [6.45, 7) is 5.79. The summed E-state index contributed by atoms with van der Waals surface area (Å²) in [5, 5.41) is 4.22. The van der Waals surface area contributed by atoms with Gasteiger partial charge in [-0.05, 0) is 37.6 Å². The molecule has 1 aromatic heterocycles. The van der Waals surface area contributed by atoms with E-state index in [-0.39, 0.29) is 18.1 Å². The van der Waals surface area contributed by atoms with Crippen molar-refractivity contribution in [2.75, 3.05) is 26.4 Å². The molecule has 1 heterocycles. The number of ether oxygens (including phenoxy) is 2. The number of ketones is 1. The molecule has 32 heavy (non-hydrogen) atoms. The van der Waals surface area contributed by atoms with Crippen molar-refractivity contribution in [2.24, 2.45) is 0 Å². The van der Waals surface area contributed by atoms with Crippen LogP contribution in [0.25, 0.3) is 10.9 Å². The Morgan fingerprint density at radius 3 is 2.59 bits per heavy atom. The molecule has 168 valence electrons. The standard InChI is InChI=1S/C25H27ClN2O4/c1-3-31-13-12-27-22(25(30)32-4-2)15-24(29)21-17-28(16-18-8-6-5-7-9-18)23-11-10-19(26)14-20(21)23/h5-11,14-15,17,27H,3-4,12-13,16H2,1-2H3/b22-15-. The summed E-state index contributed by atoms with van der Waals surface area (Å²) in [7, 11) is 0. The molecular formula is C25H27ClN2O4. The van der Waals surface area contributed by atoms with Gasteiger partial charge in [-0.2, -0.15) is 0 Å². The first-order valence-electron chi connectivity index (χ1n) is 10.6. The predicted molar refractivity (Wildman–Crippen MR) is 126 cm³/mol. The number of hydrogen-bond donors (Lipinski definition) is 1. The molecule has 0 saturated heterocycles. The minimum Gasteiger partial charge on any atom is -0.461 e. The highest BCUT2D eigenvalue weighted by molar-refractivity contribution is 6.31. The Balaban J connectivity index is 1.95. The highest BCUT2D eigenvalue weighted by Crippen LogP contribution is 2.27. The van der Waals surface area contributed by atoms with Crippen molar-refractivity contribution in [1.29, 1.82) is 0 Å². The predicted octanol–water partition coefficient (Wildman–Crippen LogP) is 4.60. The maximum atomic E-state index is 13.2. The summed E-state index contributed by atoms with van der Waals surface area (Å²) in [5.41, 5.74) is 2.56. The zero-order chi connectivity index (χ0) is 22.9. The fraction of sp³-hybridized carbons (Fsp3) is 0.280. The lowest BCUT2D eigenvalue weighted by Gasteiger charge is -2.10. The lowest BCUT2D eigenvalue weighted by molar-refractivity contribution is -0.139. The van der Waals surface area contributed by atoms with Crippen molar-refractivity contribution in [3.05, 3.63) is 82.7 Å². The Bertz CT molecular complexity index is 1110. The van der Waals surface area contributed by atoms with Crippen LogP contribution in [0.15, 0.2) is 66.5 Å². The number of allylic oxidation sites excluding steroid dienone is 1. The van der Waals surface area contributed by atoms with Crippen LogP contribution in [0.1, 0.15) is 29.8 Å². The summed E-state index contributed by atoms with van der Waals surface area (Å²) in [4.78, 5) is 25.6. The largest absolute Gasteiger partial charge is 0.461 e. The first kappa shape index (κ1) is 23.6. The fourth-order valence-electron chi connectivity index (χ4n) is 3.38. The molecule has 0 aliphatic rings. The van der Waals surface area contributed by atoms with E-state index in [4.69, 9.17) is 21.1 Å². The number of benzene rings is 2. The van der Waals surface area contributed by atoms with E-state index in [0.29, 0.717) is 36.9 Å². The molecule has 2 aromatic carbocycles. The van der Waals surface area contributed by atoms with Gasteiger partial charge in [0.15, 0.2) is 5.78 Å². The van der Waals surface area contributed by atoms with Gasteiger partial charge < -0.3 is 19.4 Å². The molecule has 3 rings (SSSR count). The number of aromatic nitrogens is 1. The maximum absolute atomic E-state index is 13.2. The third kappa shape index (κ3) is 5.99. The Morgan fingerprint density at radius 2 is 1.88 bits per heavy atom. The molecule has 0 atom stereocenters. The van der Waals surface area contributed by atoms with Gasteiger partial charge in [0.05, 0.1) is 13.2 Å². The van der Waals surface area contributed by atoms with E-state index in [1.165, 1.54) is 6.08 Å². The van der Waals surface area contributed by atoms with Crippen LogP contribution in [0.2, 0.25) is 5.02 Å². The first-order chi connectivity index (χ1) is 15.5. The zero-order valence-corrected chi connectivity index (χ0v) is 19.0. The number of nitrogens with one attached hydrogen (secondary N) is 1. The Labute approximate surface area is 192 Å². The topological polar surface area (TPSA) is 69.6 Å². The molecule has 0 bridgehead atoms. The van der Waals surface area contributed by atoms with Crippen molar-refractivity contribution in [3.8, 4) is 0 Å². The third-order valence-corrected chi connectivity index (χ3v) is 5.08. The van der Waals surface area contributed by atoms with Crippen molar-refractivity contribution < 1.29 is 19.1 Å². The number of carbonyl (C=O) groups excluding carboxylic acids is 2. The van der Waals surface area contributed by atoms with E-state index in [0.717, 1.165) is 16.5 Å². The Morgan fingerprint density at radius 1 is 1.09 bits per heavy atom. The van der Waals surface area contributed by atoms with E-state index >= 15 is 0 Å². The number of carbonyl (C=O) groups is 2. The van der Waals surface area contributed by atoms with Gasteiger partial charge in [-0.3, -0.25) is 4.79 Å². The molecule has 0 radical (unpaired) electrons. The van der Waals surface area contributed by atoms with Crippen LogP contribution in [-0.2, 0) is 20.8 Å². The minimum absolute atomic E-state index is 0.0996. The van der Waals surface area contributed by atoms with Crippen molar-refractivity contribution >= 4 is 34.3 Å². The second-order valence-electron chi connectivity index (χ2n) is 7.08. The summed E-state index contributed by atoms with van der Waals surface area (Å²) >= 11 is 6.22. The lowest BCUT2D eigenvalue weighted by atomic mass is 10.1. The van der Waals surface area contributed by atoms with Gasteiger partial charge in [0.1, 0.15) is 5.70 Å². The molecule has 0 amide bonds. The third-order valence-electron chi connectivity index (χ3n) is 4.84. The number of halogens is 1. The second-order valence-corrected chi connectivity index (χ2v) is 7.52. The van der Waals surface area contributed by atoms with Crippen LogP contribution in [0.4, 0.5) is 0 Å². The monoisotopic (exact) mass is 454 g/mol. The van der Waals surface area contributed by atoms with Gasteiger partial charge in [-0.25, -0.2) is 4.79 Å². The molecule has 0 fully saturated rings. The minimum atomic E-state index is -0.580. The first-order valence-corrected chi connectivity index (χ1v) is 11.0. The van der Waals surface area contributed by atoms with Crippen LogP contribution < -0.4 is 5.32 Å². The Kier molecular flexibility index (Phi) is 8.48. The van der Waals surface area contributed by atoms with Crippen LogP contribution >= 0.6 is 11.6 Å². The molecule has 6 nitrogen and oxygen atoms in total. The number of nitrogens with zero attached hydrogens (tertiary/aromatic N) is 1. The normalized spacial score (nSPS) is 11.5. The summed E-state index contributed by atoms with van der Waals surface area (Å²) in [6, 6.07) is 15.5. The van der Waals surface area contributed by atoms with Crippen LogP contribution in [-0.4, -0.2) is 42.7 Å². The van der Waals surface area contributed by atoms with Gasteiger partial charge in [-0.1, -0.05) is 41.9 Å². The van der Waals surface area contributed by atoms with Gasteiger partial charge in [0.2, 0.25) is 0 Å². The summed E-state index contributed by atoms with van der Waals surface area (Å²) in [6.07, 6.45) is 3.09. The van der Waals surface area contributed by atoms with Gasteiger partial charge in [-0.15, -0.1) is 0 Å².